The molecule has 0 spiro atoms. The number of piperazine rings is 1. The number of nitrogens with one attached hydrogen (secondary N) is 1. The standard InChI is InChI=1S/C20H31N3O5/c1-15(24)18(25)21-16-7-5-6-8-17(16)27-14-13-22-9-11-23(12-10-22)19(26)28-20(2,3)4/h5-8,15,24H,9-14H2,1-4H3,(H,21,25). The van der Waals surface area contributed by atoms with Crippen LogP contribution in [0.5, 0.6) is 5.75 Å². The monoisotopic (exact) mass is 393 g/mol. The van der Waals surface area contributed by atoms with Gasteiger partial charge in [0.2, 0.25) is 0 Å². The second kappa shape index (κ2) is 9.75. The van der Waals surface area contributed by atoms with Crippen molar-refractivity contribution in [3.63, 3.8) is 0 Å². The number of nitrogens with zero attached hydrogens (tertiary/aromatic N) is 2. The quantitative estimate of drug-likeness (QED) is 0.768. The summed E-state index contributed by atoms with van der Waals surface area (Å²) in [7, 11) is 0. The van der Waals surface area contributed by atoms with Gasteiger partial charge in [0.15, 0.2) is 0 Å². The van der Waals surface area contributed by atoms with Crippen LogP contribution < -0.4 is 10.1 Å². The van der Waals surface area contributed by atoms with Crippen LogP contribution in [0.25, 0.3) is 0 Å². The van der Waals surface area contributed by atoms with E-state index in [1.54, 1.807) is 23.1 Å². The van der Waals surface area contributed by atoms with Gasteiger partial charge in [0.25, 0.3) is 5.91 Å². The van der Waals surface area contributed by atoms with Gasteiger partial charge in [-0.2, -0.15) is 0 Å². The first-order valence-electron chi connectivity index (χ1n) is 9.57. The van der Waals surface area contributed by atoms with Crippen molar-refractivity contribution in [1.82, 2.24) is 9.80 Å². The fourth-order valence-corrected chi connectivity index (χ4v) is 2.70. The molecular weight excluding hydrogens is 362 g/mol. The van der Waals surface area contributed by atoms with Gasteiger partial charge in [-0.05, 0) is 39.8 Å². The zero-order valence-corrected chi connectivity index (χ0v) is 17.1. The summed E-state index contributed by atoms with van der Waals surface area (Å²) < 4.78 is 11.2. The Kier molecular flexibility index (Phi) is 7.65. The van der Waals surface area contributed by atoms with Crippen molar-refractivity contribution in [2.45, 2.75) is 39.4 Å². The number of rotatable bonds is 6. The number of carbonyl (C=O) groups is 2. The summed E-state index contributed by atoms with van der Waals surface area (Å²) in [6.45, 7) is 10.9. The number of ether oxygens (including phenoxy) is 2. The third-order valence-corrected chi connectivity index (χ3v) is 4.21. The molecule has 2 amide bonds. The normalized spacial score (nSPS) is 16.4. The highest BCUT2D eigenvalue weighted by Gasteiger charge is 2.25. The van der Waals surface area contributed by atoms with Crippen LogP contribution in [0, 0.1) is 0 Å². The molecule has 8 heteroatoms. The Hall–Kier alpha value is -2.32. The molecule has 1 saturated heterocycles. The Morgan fingerprint density at radius 1 is 1.18 bits per heavy atom. The predicted molar refractivity (Wildman–Crippen MR) is 106 cm³/mol. The number of aliphatic hydroxyl groups is 1. The molecule has 0 radical (unpaired) electrons. The molecule has 156 valence electrons. The molecular formula is C20H31N3O5. The molecule has 0 bridgehead atoms. The van der Waals surface area contributed by atoms with Gasteiger partial charge in [0, 0.05) is 32.7 Å². The first kappa shape index (κ1) is 22.0. The SMILES string of the molecule is CC(O)C(=O)Nc1ccccc1OCCN1CCN(C(=O)OC(C)(C)C)CC1. The van der Waals surface area contributed by atoms with Crippen LogP contribution >= 0.6 is 0 Å². The topological polar surface area (TPSA) is 91.3 Å². The lowest BCUT2D eigenvalue weighted by Crippen LogP contribution is -2.50. The Bertz CT molecular complexity index is 664. The number of anilines is 1. The highest BCUT2D eigenvalue weighted by Crippen LogP contribution is 2.24. The Balaban J connectivity index is 1.77. The molecule has 0 aromatic heterocycles. The molecule has 2 N–H and O–H groups in total. The van der Waals surface area contributed by atoms with Gasteiger partial charge in [0.1, 0.15) is 24.1 Å². The van der Waals surface area contributed by atoms with E-state index in [9.17, 15) is 14.7 Å². The lowest BCUT2D eigenvalue weighted by atomic mass is 10.2. The van der Waals surface area contributed by atoms with Crippen molar-refractivity contribution in [1.29, 1.82) is 0 Å². The number of carbonyl (C=O) groups excluding carboxylic acids is 2. The number of benzene rings is 1. The van der Waals surface area contributed by atoms with Crippen LogP contribution in [-0.4, -0.2) is 77.9 Å². The molecule has 1 aliphatic heterocycles. The predicted octanol–water partition coefficient (Wildman–Crippen LogP) is 1.94. The summed E-state index contributed by atoms with van der Waals surface area (Å²) >= 11 is 0. The molecule has 0 saturated carbocycles. The molecule has 1 unspecified atom stereocenters. The van der Waals surface area contributed by atoms with E-state index >= 15 is 0 Å². The second-order valence-electron chi connectivity index (χ2n) is 7.82. The minimum absolute atomic E-state index is 0.272. The average Bonchev–Trinajstić information content (AvgIpc) is 2.62. The van der Waals surface area contributed by atoms with E-state index in [1.807, 2.05) is 26.8 Å². The van der Waals surface area contributed by atoms with Crippen LogP contribution in [-0.2, 0) is 9.53 Å². The first-order valence-corrected chi connectivity index (χ1v) is 9.57. The van der Waals surface area contributed by atoms with Crippen LogP contribution in [0.1, 0.15) is 27.7 Å². The fraction of sp³-hybridized carbons (Fsp3) is 0.600. The van der Waals surface area contributed by atoms with Gasteiger partial charge in [0.05, 0.1) is 5.69 Å². The number of amides is 2. The highest BCUT2D eigenvalue weighted by atomic mass is 16.6. The smallest absolute Gasteiger partial charge is 0.410 e. The summed E-state index contributed by atoms with van der Waals surface area (Å²) in [4.78, 5) is 27.7. The minimum Gasteiger partial charge on any atom is -0.490 e. The highest BCUT2D eigenvalue weighted by molar-refractivity contribution is 5.94. The van der Waals surface area contributed by atoms with Gasteiger partial charge >= 0.3 is 6.09 Å². The lowest BCUT2D eigenvalue weighted by Gasteiger charge is -2.35. The molecule has 28 heavy (non-hydrogen) atoms. The molecule has 1 fully saturated rings. The van der Waals surface area contributed by atoms with E-state index in [4.69, 9.17) is 9.47 Å². The second-order valence-corrected chi connectivity index (χ2v) is 7.82. The summed E-state index contributed by atoms with van der Waals surface area (Å²) in [5, 5.41) is 12.0. The van der Waals surface area contributed by atoms with E-state index in [2.05, 4.69) is 10.2 Å². The molecule has 2 rings (SSSR count). The summed E-state index contributed by atoms with van der Waals surface area (Å²) in [5.74, 6) is 0.0817. The van der Waals surface area contributed by atoms with Crippen molar-refractivity contribution < 1.29 is 24.2 Å². The van der Waals surface area contributed by atoms with Gasteiger partial charge in [-0.3, -0.25) is 9.69 Å². The maximum atomic E-state index is 12.1. The van der Waals surface area contributed by atoms with Crippen LogP contribution in [0.2, 0.25) is 0 Å². The third-order valence-electron chi connectivity index (χ3n) is 4.21. The van der Waals surface area contributed by atoms with E-state index in [1.165, 1.54) is 6.92 Å². The molecule has 0 aliphatic carbocycles. The van der Waals surface area contributed by atoms with E-state index in [-0.39, 0.29) is 6.09 Å². The third kappa shape index (κ3) is 7.01. The number of hydrogen-bond acceptors (Lipinski definition) is 6. The maximum absolute atomic E-state index is 12.1. The van der Waals surface area contributed by atoms with E-state index in [0.717, 1.165) is 13.1 Å². The lowest BCUT2D eigenvalue weighted by molar-refractivity contribution is -0.123. The van der Waals surface area contributed by atoms with Crippen molar-refractivity contribution in [3.8, 4) is 5.75 Å². The van der Waals surface area contributed by atoms with Gasteiger partial charge in [-0.1, -0.05) is 12.1 Å². The van der Waals surface area contributed by atoms with Crippen LogP contribution in [0.3, 0.4) is 0 Å². The molecule has 1 aromatic carbocycles. The van der Waals surface area contributed by atoms with Gasteiger partial charge in [-0.25, -0.2) is 4.79 Å². The van der Waals surface area contributed by atoms with Crippen molar-refractivity contribution >= 4 is 17.7 Å². The van der Waals surface area contributed by atoms with Crippen LogP contribution in [0.15, 0.2) is 24.3 Å². The number of aliphatic hydroxyl groups excluding tert-OH is 1. The molecule has 1 aliphatic rings. The summed E-state index contributed by atoms with van der Waals surface area (Å²) in [6.07, 6.45) is -1.36. The molecule has 1 atom stereocenters. The van der Waals surface area contributed by atoms with Gasteiger partial charge in [-0.15, -0.1) is 0 Å². The van der Waals surface area contributed by atoms with E-state index in [0.29, 0.717) is 37.7 Å². The Labute approximate surface area is 166 Å². The van der Waals surface area contributed by atoms with Gasteiger partial charge < -0.3 is 24.8 Å². The fourth-order valence-electron chi connectivity index (χ4n) is 2.70. The Morgan fingerprint density at radius 3 is 2.43 bits per heavy atom. The van der Waals surface area contributed by atoms with Crippen LogP contribution in [0.4, 0.5) is 10.5 Å². The average molecular weight is 393 g/mol. The van der Waals surface area contributed by atoms with E-state index < -0.39 is 17.6 Å². The van der Waals surface area contributed by atoms with Crippen molar-refractivity contribution in [2.75, 3.05) is 44.6 Å². The summed E-state index contributed by atoms with van der Waals surface area (Å²) in [6, 6.07) is 7.13. The first-order chi connectivity index (χ1) is 13.2. The largest absolute Gasteiger partial charge is 0.490 e. The summed E-state index contributed by atoms with van der Waals surface area (Å²) in [5.41, 5.74) is 0.0433. The maximum Gasteiger partial charge on any atom is 0.410 e. The Morgan fingerprint density at radius 2 is 1.82 bits per heavy atom. The zero-order chi connectivity index (χ0) is 20.7. The number of para-hydroxylation sites is 2. The molecule has 8 nitrogen and oxygen atoms in total. The molecule has 1 heterocycles. The van der Waals surface area contributed by atoms with Crippen molar-refractivity contribution in [2.24, 2.45) is 0 Å². The number of hydrogen-bond donors (Lipinski definition) is 2. The minimum atomic E-state index is -1.09. The molecule has 1 aromatic rings. The zero-order valence-electron chi connectivity index (χ0n) is 17.1. The van der Waals surface area contributed by atoms with Crippen molar-refractivity contribution in [3.05, 3.63) is 24.3 Å².